The van der Waals surface area contributed by atoms with Gasteiger partial charge in [-0.15, -0.1) is 0 Å². The smallest absolute Gasteiger partial charge is 0.323 e. The molecular weight excluding hydrogens is 340 g/mol. The van der Waals surface area contributed by atoms with E-state index < -0.39 is 0 Å². The van der Waals surface area contributed by atoms with E-state index in [1.165, 1.54) is 0 Å². The van der Waals surface area contributed by atoms with Crippen molar-refractivity contribution in [2.45, 2.75) is 27.2 Å². The fourth-order valence-electron chi connectivity index (χ4n) is 2.69. The zero-order chi connectivity index (χ0) is 20.0. The van der Waals surface area contributed by atoms with Crippen LogP contribution in [0.1, 0.15) is 34.8 Å². The molecule has 0 bridgehead atoms. The Bertz CT molecular complexity index is 831. The summed E-state index contributed by atoms with van der Waals surface area (Å²) in [5.74, 6) is -0.154. The lowest BCUT2D eigenvalue weighted by atomic mass is 10.1. The number of urea groups is 1. The van der Waals surface area contributed by atoms with E-state index in [2.05, 4.69) is 16.0 Å². The minimum Gasteiger partial charge on any atom is -0.377 e. The Morgan fingerprint density at radius 3 is 2.44 bits per heavy atom. The second-order valence-corrected chi connectivity index (χ2v) is 6.71. The lowest BCUT2D eigenvalue weighted by Crippen LogP contribution is -2.27. The van der Waals surface area contributed by atoms with Gasteiger partial charge in [0.05, 0.1) is 5.56 Å². The lowest BCUT2D eigenvalue weighted by molar-refractivity contribution is 0.0954. The van der Waals surface area contributed by atoms with Crippen LogP contribution in [-0.4, -0.2) is 32.6 Å². The van der Waals surface area contributed by atoms with Gasteiger partial charge in [-0.1, -0.05) is 19.1 Å². The van der Waals surface area contributed by atoms with Crippen LogP contribution in [0.2, 0.25) is 0 Å². The van der Waals surface area contributed by atoms with Crippen molar-refractivity contribution in [3.63, 3.8) is 0 Å². The molecule has 0 saturated carbocycles. The van der Waals surface area contributed by atoms with Gasteiger partial charge in [-0.2, -0.15) is 0 Å². The first-order valence-corrected chi connectivity index (χ1v) is 9.07. The van der Waals surface area contributed by atoms with E-state index in [-0.39, 0.29) is 11.9 Å². The summed E-state index contributed by atoms with van der Waals surface area (Å²) < 4.78 is 0. The van der Waals surface area contributed by atoms with Gasteiger partial charge >= 0.3 is 6.03 Å². The van der Waals surface area contributed by atoms with Crippen molar-refractivity contribution in [1.82, 2.24) is 5.32 Å². The van der Waals surface area contributed by atoms with Gasteiger partial charge in [-0.25, -0.2) is 4.79 Å². The summed E-state index contributed by atoms with van der Waals surface area (Å²) in [6, 6.07) is 10.7. The topological polar surface area (TPSA) is 73.5 Å². The molecular formula is C21H28N4O2. The number of carbonyl (C=O) groups is 2. The molecule has 6 nitrogen and oxygen atoms in total. The molecule has 0 aliphatic rings. The van der Waals surface area contributed by atoms with E-state index in [1.54, 1.807) is 12.1 Å². The molecule has 0 spiro atoms. The van der Waals surface area contributed by atoms with Gasteiger partial charge in [0.15, 0.2) is 0 Å². The first-order chi connectivity index (χ1) is 12.8. The molecule has 0 fully saturated rings. The van der Waals surface area contributed by atoms with Crippen LogP contribution in [0.4, 0.5) is 21.9 Å². The van der Waals surface area contributed by atoms with Crippen LogP contribution in [-0.2, 0) is 0 Å². The van der Waals surface area contributed by atoms with Gasteiger partial charge in [-0.05, 0) is 55.7 Å². The maximum Gasteiger partial charge on any atom is 0.323 e. The van der Waals surface area contributed by atoms with Crippen LogP contribution in [0.3, 0.4) is 0 Å². The fourth-order valence-corrected chi connectivity index (χ4v) is 2.69. The largest absolute Gasteiger partial charge is 0.377 e. The van der Waals surface area contributed by atoms with Crippen LogP contribution in [0.5, 0.6) is 0 Å². The van der Waals surface area contributed by atoms with Crippen molar-refractivity contribution in [3.05, 3.63) is 53.1 Å². The molecule has 0 unspecified atom stereocenters. The number of hydrogen-bond donors (Lipinski definition) is 3. The maximum absolute atomic E-state index is 12.5. The molecule has 0 radical (unpaired) electrons. The van der Waals surface area contributed by atoms with Crippen molar-refractivity contribution in [3.8, 4) is 0 Å². The average molecular weight is 368 g/mol. The van der Waals surface area contributed by atoms with E-state index in [4.69, 9.17) is 0 Å². The predicted octanol–water partition coefficient (Wildman–Crippen LogP) is 4.15. The summed E-state index contributed by atoms with van der Waals surface area (Å²) in [6.07, 6.45) is 0.860. The second kappa shape index (κ2) is 9.07. The van der Waals surface area contributed by atoms with Gasteiger partial charge in [0, 0.05) is 37.7 Å². The molecule has 2 aromatic carbocycles. The van der Waals surface area contributed by atoms with Gasteiger partial charge < -0.3 is 20.9 Å². The number of nitrogens with zero attached hydrogens (tertiary/aromatic N) is 1. The number of carbonyl (C=O) groups excluding carboxylic acids is 2. The third kappa shape index (κ3) is 5.23. The Morgan fingerprint density at radius 2 is 1.78 bits per heavy atom. The normalized spacial score (nSPS) is 10.3. The highest BCUT2D eigenvalue weighted by atomic mass is 16.2. The van der Waals surface area contributed by atoms with E-state index in [0.717, 1.165) is 28.9 Å². The molecule has 2 rings (SSSR count). The second-order valence-electron chi connectivity index (χ2n) is 6.71. The van der Waals surface area contributed by atoms with Crippen LogP contribution < -0.4 is 20.9 Å². The number of hydrogen-bond acceptors (Lipinski definition) is 3. The zero-order valence-corrected chi connectivity index (χ0v) is 16.6. The summed E-state index contributed by atoms with van der Waals surface area (Å²) in [6.45, 7) is 6.58. The zero-order valence-electron chi connectivity index (χ0n) is 16.6. The number of benzene rings is 2. The molecule has 0 heterocycles. The number of amides is 3. The first kappa shape index (κ1) is 20.3. The third-order valence-electron chi connectivity index (χ3n) is 4.37. The molecule has 0 aliphatic heterocycles. The Balaban J connectivity index is 2.19. The number of rotatable bonds is 6. The molecule has 3 amide bonds. The molecule has 6 heteroatoms. The van der Waals surface area contributed by atoms with Crippen LogP contribution in [0.25, 0.3) is 0 Å². The highest BCUT2D eigenvalue weighted by Crippen LogP contribution is 2.24. The Hall–Kier alpha value is -3.02. The van der Waals surface area contributed by atoms with E-state index >= 15 is 0 Å². The minimum absolute atomic E-state index is 0.154. The molecule has 0 aliphatic carbocycles. The number of aryl methyl sites for hydroxylation is 1. The third-order valence-corrected chi connectivity index (χ3v) is 4.37. The van der Waals surface area contributed by atoms with Crippen molar-refractivity contribution in [1.29, 1.82) is 0 Å². The maximum atomic E-state index is 12.5. The molecule has 3 N–H and O–H groups in total. The SMILES string of the molecule is CCCNC(=O)c1cc(NC(=O)Nc2cccc(C)c2C)ccc1N(C)C. The Kier molecular flexibility index (Phi) is 6.82. The van der Waals surface area contributed by atoms with Crippen molar-refractivity contribution >= 4 is 29.0 Å². The standard InChI is InChI=1S/C21H28N4O2/c1-6-12-22-20(26)17-13-16(10-11-19(17)25(4)5)23-21(27)24-18-9-7-8-14(2)15(18)3/h7-11,13H,6,12H2,1-5H3,(H,22,26)(H2,23,24,27). The minimum atomic E-state index is -0.346. The van der Waals surface area contributed by atoms with Crippen molar-refractivity contribution in [2.75, 3.05) is 36.2 Å². The molecule has 144 valence electrons. The lowest BCUT2D eigenvalue weighted by Gasteiger charge is -2.19. The summed E-state index contributed by atoms with van der Waals surface area (Å²) >= 11 is 0. The van der Waals surface area contributed by atoms with E-state index in [0.29, 0.717) is 17.8 Å². The summed E-state index contributed by atoms with van der Waals surface area (Å²) in [5.41, 5.74) is 4.78. The van der Waals surface area contributed by atoms with E-state index in [1.807, 2.05) is 64.0 Å². The monoisotopic (exact) mass is 368 g/mol. The summed E-state index contributed by atoms with van der Waals surface area (Å²) in [4.78, 5) is 26.7. The number of nitrogens with one attached hydrogen (secondary N) is 3. The predicted molar refractivity (Wildman–Crippen MR) is 112 cm³/mol. The molecule has 0 saturated heterocycles. The molecule has 0 atom stereocenters. The molecule has 2 aromatic rings. The van der Waals surface area contributed by atoms with Crippen LogP contribution >= 0.6 is 0 Å². The Labute approximate surface area is 161 Å². The van der Waals surface area contributed by atoms with Crippen LogP contribution in [0.15, 0.2) is 36.4 Å². The number of anilines is 3. The average Bonchev–Trinajstić information content (AvgIpc) is 2.63. The van der Waals surface area contributed by atoms with Gasteiger partial charge in [-0.3, -0.25) is 4.79 Å². The van der Waals surface area contributed by atoms with Crippen molar-refractivity contribution in [2.24, 2.45) is 0 Å². The summed E-state index contributed by atoms with van der Waals surface area (Å²) in [7, 11) is 3.76. The quantitative estimate of drug-likeness (QED) is 0.717. The van der Waals surface area contributed by atoms with E-state index in [9.17, 15) is 9.59 Å². The molecule has 0 aromatic heterocycles. The van der Waals surface area contributed by atoms with Crippen molar-refractivity contribution < 1.29 is 9.59 Å². The highest BCUT2D eigenvalue weighted by Gasteiger charge is 2.15. The van der Waals surface area contributed by atoms with Gasteiger partial charge in [0.1, 0.15) is 0 Å². The Morgan fingerprint density at radius 1 is 1.04 bits per heavy atom. The van der Waals surface area contributed by atoms with Gasteiger partial charge in [0.25, 0.3) is 5.91 Å². The van der Waals surface area contributed by atoms with Crippen LogP contribution in [0, 0.1) is 13.8 Å². The highest BCUT2D eigenvalue weighted by molar-refractivity contribution is 6.04. The summed E-state index contributed by atoms with van der Waals surface area (Å²) in [5, 5.41) is 8.55. The fraction of sp³-hybridized carbons (Fsp3) is 0.333. The van der Waals surface area contributed by atoms with Gasteiger partial charge in [0.2, 0.25) is 0 Å². The molecule has 27 heavy (non-hydrogen) atoms. The first-order valence-electron chi connectivity index (χ1n) is 9.07.